The van der Waals surface area contributed by atoms with E-state index in [9.17, 15) is 9.18 Å². The minimum atomic E-state index is -0.408. The second-order valence-corrected chi connectivity index (χ2v) is 5.21. The van der Waals surface area contributed by atoms with Crippen LogP contribution in [0.2, 0.25) is 0 Å². The number of nitrogens with one attached hydrogen (secondary N) is 1. The highest BCUT2D eigenvalue weighted by molar-refractivity contribution is 5.77. The predicted octanol–water partition coefficient (Wildman–Crippen LogP) is 2.40. The van der Waals surface area contributed by atoms with E-state index in [1.54, 1.807) is 12.1 Å². The van der Waals surface area contributed by atoms with Crippen molar-refractivity contribution in [3.8, 4) is 5.75 Å². The van der Waals surface area contributed by atoms with Gasteiger partial charge in [-0.25, -0.2) is 4.39 Å². The van der Waals surface area contributed by atoms with Crippen LogP contribution in [0.15, 0.2) is 18.2 Å². The van der Waals surface area contributed by atoms with Gasteiger partial charge in [-0.15, -0.1) is 0 Å². The van der Waals surface area contributed by atoms with Crippen molar-refractivity contribution in [2.45, 2.75) is 45.1 Å². The highest BCUT2D eigenvalue weighted by atomic mass is 19.1. The second kappa shape index (κ2) is 7.98. The van der Waals surface area contributed by atoms with Crippen LogP contribution < -0.4 is 15.8 Å². The molecule has 0 aromatic heterocycles. The van der Waals surface area contributed by atoms with Gasteiger partial charge in [-0.1, -0.05) is 19.9 Å². The van der Waals surface area contributed by atoms with Gasteiger partial charge in [0.2, 0.25) is 5.91 Å². The minimum absolute atomic E-state index is 0.0552. The predicted molar refractivity (Wildman–Crippen MR) is 81.8 cm³/mol. The van der Waals surface area contributed by atoms with Crippen molar-refractivity contribution in [3.05, 3.63) is 29.6 Å². The molecule has 0 radical (unpaired) electrons. The van der Waals surface area contributed by atoms with E-state index in [0.717, 1.165) is 18.4 Å². The number of nitrogens with two attached hydrogens (primary N) is 1. The first kappa shape index (κ1) is 17.4. The number of rotatable bonds is 8. The summed E-state index contributed by atoms with van der Waals surface area (Å²) in [5.41, 5.74) is 6.20. The molecule has 118 valence electrons. The lowest BCUT2D eigenvalue weighted by Crippen LogP contribution is -2.52. The Morgan fingerprint density at radius 2 is 2.05 bits per heavy atom. The maximum atomic E-state index is 13.6. The molecule has 1 aromatic rings. The van der Waals surface area contributed by atoms with Crippen LogP contribution in [0.25, 0.3) is 0 Å². The molecule has 1 aromatic carbocycles. The van der Waals surface area contributed by atoms with Gasteiger partial charge in [0.15, 0.2) is 11.6 Å². The molecule has 0 heterocycles. The van der Waals surface area contributed by atoms with E-state index in [0.29, 0.717) is 19.4 Å². The molecule has 0 saturated carbocycles. The highest BCUT2D eigenvalue weighted by Gasteiger charge is 2.25. The van der Waals surface area contributed by atoms with Gasteiger partial charge < -0.3 is 15.8 Å². The van der Waals surface area contributed by atoms with E-state index in [4.69, 9.17) is 10.5 Å². The van der Waals surface area contributed by atoms with Crippen LogP contribution >= 0.6 is 0 Å². The Hall–Kier alpha value is -1.62. The SMILES string of the molecule is CCC(CC)(CN)NC(=O)CCc1ccc(OC)c(F)c1. The minimum Gasteiger partial charge on any atom is -0.494 e. The van der Waals surface area contributed by atoms with E-state index in [-0.39, 0.29) is 17.2 Å². The zero-order valence-corrected chi connectivity index (χ0v) is 13.0. The van der Waals surface area contributed by atoms with Gasteiger partial charge in [0.1, 0.15) is 0 Å². The molecule has 0 atom stereocenters. The third-order valence-corrected chi connectivity index (χ3v) is 4.01. The van der Waals surface area contributed by atoms with Gasteiger partial charge in [-0.05, 0) is 37.0 Å². The number of ether oxygens (including phenoxy) is 1. The molecule has 3 N–H and O–H groups in total. The molecule has 4 nitrogen and oxygen atoms in total. The molecule has 0 aliphatic rings. The van der Waals surface area contributed by atoms with Crippen molar-refractivity contribution in [2.24, 2.45) is 5.73 Å². The molecule has 0 saturated heterocycles. The highest BCUT2D eigenvalue weighted by Crippen LogP contribution is 2.19. The summed E-state index contributed by atoms with van der Waals surface area (Å²) < 4.78 is 18.4. The van der Waals surface area contributed by atoms with Gasteiger partial charge in [0, 0.05) is 13.0 Å². The summed E-state index contributed by atoms with van der Waals surface area (Å²) in [5.74, 6) is -0.253. The molecule has 0 bridgehead atoms. The number of methoxy groups -OCH3 is 1. The molecule has 1 amide bonds. The Kier molecular flexibility index (Phi) is 6.62. The number of hydrogen-bond acceptors (Lipinski definition) is 3. The third-order valence-electron chi connectivity index (χ3n) is 4.01. The van der Waals surface area contributed by atoms with Crippen LogP contribution in [0.1, 0.15) is 38.7 Å². The molecule has 0 aliphatic heterocycles. The van der Waals surface area contributed by atoms with Crippen LogP contribution in [0.5, 0.6) is 5.75 Å². The number of hydrogen-bond donors (Lipinski definition) is 2. The van der Waals surface area contributed by atoms with Crippen LogP contribution in [0.4, 0.5) is 4.39 Å². The first-order valence-corrected chi connectivity index (χ1v) is 7.33. The number of aryl methyl sites for hydroxylation is 1. The van der Waals surface area contributed by atoms with Gasteiger partial charge in [0.25, 0.3) is 0 Å². The summed E-state index contributed by atoms with van der Waals surface area (Å²) in [4.78, 5) is 12.0. The lowest BCUT2D eigenvalue weighted by atomic mass is 9.92. The maximum Gasteiger partial charge on any atom is 0.220 e. The number of carbonyl (C=O) groups excluding carboxylic acids is 1. The second-order valence-electron chi connectivity index (χ2n) is 5.21. The summed E-state index contributed by atoms with van der Waals surface area (Å²) in [6.07, 6.45) is 2.39. The van der Waals surface area contributed by atoms with Gasteiger partial charge in [-0.3, -0.25) is 4.79 Å². The van der Waals surface area contributed by atoms with Crippen LogP contribution in [-0.2, 0) is 11.2 Å². The van der Waals surface area contributed by atoms with Crippen LogP contribution in [0.3, 0.4) is 0 Å². The van der Waals surface area contributed by atoms with Crippen molar-refractivity contribution in [1.29, 1.82) is 0 Å². The van der Waals surface area contributed by atoms with E-state index < -0.39 is 5.82 Å². The fourth-order valence-electron chi connectivity index (χ4n) is 2.25. The summed E-state index contributed by atoms with van der Waals surface area (Å²) in [7, 11) is 1.42. The quantitative estimate of drug-likeness (QED) is 0.774. The fraction of sp³-hybridized carbons (Fsp3) is 0.562. The lowest BCUT2D eigenvalue weighted by Gasteiger charge is -2.31. The number of amides is 1. The molecule has 0 spiro atoms. The zero-order valence-electron chi connectivity index (χ0n) is 13.0. The van der Waals surface area contributed by atoms with Gasteiger partial charge >= 0.3 is 0 Å². The zero-order chi connectivity index (χ0) is 15.9. The maximum absolute atomic E-state index is 13.6. The van der Waals surface area contributed by atoms with Crippen molar-refractivity contribution < 1.29 is 13.9 Å². The lowest BCUT2D eigenvalue weighted by molar-refractivity contribution is -0.123. The first-order valence-electron chi connectivity index (χ1n) is 7.33. The number of carbonyl (C=O) groups is 1. The summed E-state index contributed by atoms with van der Waals surface area (Å²) in [6, 6.07) is 4.75. The van der Waals surface area contributed by atoms with E-state index in [1.807, 2.05) is 13.8 Å². The Labute approximate surface area is 125 Å². The Bertz CT molecular complexity index is 465. The normalized spacial score (nSPS) is 11.3. The smallest absolute Gasteiger partial charge is 0.220 e. The van der Waals surface area contributed by atoms with Crippen molar-refractivity contribution in [2.75, 3.05) is 13.7 Å². The van der Waals surface area contributed by atoms with Gasteiger partial charge in [-0.2, -0.15) is 0 Å². The van der Waals surface area contributed by atoms with Crippen molar-refractivity contribution in [1.82, 2.24) is 5.32 Å². The number of benzene rings is 1. The molecule has 0 unspecified atom stereocenters. The molecule has 21 heavy (non-hydrogen) atoms. The summed E-state index contributed by atoms with van der Waals surface area (Å²) >= 11 is 0. The molecule has 0 aliphatic carbocycles. The molecule has 1 rings (SSSR count). The molecular formula is C16H25FN2O2. The van der Waals surface area contributed by atoms with Gasteiger partial charge in [0.05, 0.1) is 12.6 Å². The van der Waals surface area contributed by atoms with E-state index in [2.05, 4.69) is 5.32 Å². The monoisotopic (exact) mass is 296 g/mol. The van der Waals surface area contributed by atoms with Crippen LogP contribution in [0, 0.1) is 5.82 Å². The summed E-state index contributed by atoms with van der Waals surface area (Å²) in [5, 5.41) is 3.00. The Morgan fingerprint density at radius 1 is 1.38 bits per heavy atom. The molecule has 5 heteroatoms. The van der Waals surface area contributed by atoms with Crippen molar-refractivity contribution >= 4 is 5.91 Å². The van der Waals surface area contributed by atoms with Crippen molar-refractivity contribution in [3.63, 3.8) is 0 Å². The van der Waals surface area contributed by atoms with Crippen LogP contribution in [-0.4, -0.2) is 25.1 Å². The first-order chi connectivity index (χ1) is 10.00. The number of halogens is 1. The molecule has 0 fully saturated rings. The average molecular weight is 296 g/mol. The standard InChI is InChI=1S/C16H25FN2O2/c1-4-16(5-2,11-18)19-15(20)9-7-12-6-8-14(21-3)13(17)10-12/h6,8,10H,4-5,7,9,11,18H2,1-3H3,(H,19,20). The van der Waals surface area contributed by atoms with E-state index in [1.165, 1.54) is 13.2 Å². The third kappa shape index (κ3) is 4.70. The topological polar surface area (TPSA) is 64.3 Å². The largest absolute Gasteiger partial charge is 0.494 e. The average Bonchev–Trinajstić information content (AvgIpc) is 2.51. The molecular weight excluding hydrogens is 271 g/mol. The Balaban J connectivity index is 2.59. The fourth-order valence-corrected chi connectivity index (χ4v) is 2.25. The Morgan fingerprint density at radius 3 is 2.52 bits per heavy atom. The summed E-state index contributed by atoms with van der Waals surface area (Å²) in [6.45, 7) is 4.44. The van der Waals surface area contributed by atoms with E-state index >= 15 is 0 Å².